The Kier molecular flexibility index (Phi) is 2.37. The largest absolute Gasteiger partial charge is 0.573 e. The molecule has 0 aliphatic rings. The standard InChI is InChI=1S/C6H5F4N3O/c7-3-1-2(14-6(8,9)10)4(11)5(12)13-3/h1H,11H2,(H2,12,13). The van der Waals surface area contributed by atoms with E-state index in [9.17, 15) is 17.6 Å². The summed E-state index contributed by atoms with van der Waals surface area (Å²) in [5, 5.41) is 0. The molecule has 0 amide bonds. The summed E-state index contributed by atoms with van der Waals surface area (Å²) >= 11 is 0. The van der Waals surface area contributed by atoms with Crippen LogP contribution in [0.5, 0.6) is 5.75 Å². The first kappa shape index (κ1) is 10.4. The van der Waals surface area contributed by atoms with Gasteiger partial charge in [-0.25, -0.2) is 4.98 Å². The smallest absolute Gasteiger partial charge is 0.403 e. The van der Waals surface area contributed by atoms with E-state index in [1.165, 1.54) is 0 Å². The van der Waals surface area contributed by atoms with Crippen molar-refractivity contribution >= 4 is 11.5 Å². The van der Waals surface area contributed by atoms with Gasteiger partial charge in [0.2, 0.25) is 5.95 Å². The van der Waals surface area contributed by atoms with Gasteiger partial charge in [-0.05, 0) is 0 Å². The lowest BCUT2D eigenvalue weighted by molar-refractivity contribution is -0.274. The number of hydrogen-bond acceptors (Lipinski definition) is 4. The third-order valence-electron chi connectivity index (χ3n) is 1.24. The molecule has 0 radical (unpaired) electrons. The van der Waals surface area contributed by atoms with Gasteiger partial charge >= 0.3 is 6.36 Å². The zero-order chi connectivity index (χ0) is 10.9. The average molecular weight is 211 g/mol. The first-order valence-electron chi connectivity index (χ1n) is 3.27. The van der Waals surface area contributed by atoms with Crippen molar-refractivity contribution < 1.29 is 22.3 Å². The summed E-state index contributed by atoms with van der Waals surface area (Å²) in [6, 6.07) is 0.402. The summed E-state index contributed by atoms with van der Waals surface area (Å²) in [6.07, 6.45) is -4.95. The highest BCUT2D eigenvalue weighted by Gasteiger charge is 2.32. The van der Waals surface area contributed by atoms with Gasteiger partial charge in [-0.15, -0.1) is 13.2 Å². The maximum absolute atomic E-state index is 12.5. The van der Waals surface area contributed by atoms with Crippen LogP contribution < -0.4 is 16.2 Å². The number of pyridine rings is 1. The summed E-state index contributed by atoms with van der Waals surface area (Å²) in [4.78, 5) is 3.00. The second-order valence-electron chi connectivity index (χ2n) is 2.29. The van der Waals surface area contributed by atoms with Crippen molar-refractivity contribution in [3.05, 3.63) is 12.0 Å². The van der Waals surface area contributed by atoms with Gasteiger partial charge in [0.15, 0.2) is 11.6 Å². The molecule has 78 valence electrons. The van der Waals surface area contributed by atoms with Crippen LogP contribution in [0.2, 0.25) is 0 Å². The lowest BCUT2D eigenvalue weighted by atomic mass is 10.3. The van der Waals surface area contributed by atoms with Crippen LogP contribution in [0, 0.1) is 5.95 Å². The molecule has 4 N–H and O–H groups in total. The maximum atomic E-state index is 12.5. The van der Waals surface area contributed by atoms with E-state index in [-0.39, 0.29) is 0 Å². The molecule has 0 aliphatic carbocycles. The summed E-state index contributed by atoms with van der Waals surface area (Å²) in [5.41, 5.74) is 9.54. The Morgan fingerprint density at radius 2 is 1.86 bits per heavy atom. The topological polar surface area (TPSA) is 74.2 Å². The second kappa shape index (κ2) is 3.20. The number of aromatic nitrogens is 1. The number of hydrogen-bond donors (Lipinski definition) is 2. The summed E-state index contributed by atoms with van der Waals surface area (Å²) in [6.45, 7) is 0. The lowest BCUT2D eigenvalue weighted by Gasteiger charge is -2.11. The number of nitrogens with two attached hydrogens (primary N) is 2. The average Bonchev–Trinajstić information content (AvgIpc) is 1.96. The predicted octanol–water partition coefficient (Wildman–Crippen LogP) is 1.28. The Morgan fingerprint density at radius 1 is 1.29 bits per heavy atom. The molecule has 0 atom stereocenters. The quantitative estimate of drug-likeness (QED) is 0.542. The molecule has 1 aromatic rings. The zero-order valence-electron chi connectivity index (χ0n) is 6.60. The maximum Gasteiger partial charge on any atom is 0.573 e. The number of alkyl halides is 3. The Morgan fingerprint density at radius 3 is 2.36 bits per heavy atom. The monoisotopic (exact) mass is 211 g/mol. The molecule has 0 unspecified atom stereocenters. The van der Waals surface area contributed by atoms with Gasteiger partial charge in [-0.2, -0.15) is 4.39 Å². The van der Waals surface area contributed by atoms with Crippen molar-refractivity contribution in [1.82, 2.24) is 4.98 Å². The number of ether oxygens (including phenoxy) is 1. The van der Waals surface area contributed by atoms with Gasteiger partial charge in [-0.1, -0.05) is 0 Å². The number of halogens is 4. The second-order valence-corrected chi connectivity index (χ2v) is 2.29. The van der Waals surface area contributed by atoms with Gasteiger partial charge in [0.05, 0.1) is 0 Å². The fourth-order valence-electron chi connectivity index (χ4n) is 0.729. The van der Waals surface area contributed by atoms with Gasteiger partial charge in [0, 0.05) is 6.07 Å². The Balaban J connectivity index is 3.09. The molecule has 0 aliphatic heterocycles. The molecule has 14 heavy (non-hydrogen) atoms. The Labute approximate surface area is 75.5 Å². The van der Waals surface area contributed by atoms with E-state index in [0.29, 0.717) is 6.07 Å². The Bertz CT molecular complexity index is 352. The van der Waals surface area contributed by atoms with Crippen molar-refractivity contribution in [2.45, 2.75) is 6.36 Å². The van der Waals surface area contributed by atoms with Crippen molar-refractivity contribution in [3.63, 3.8) is 0 Å². The molecular weight excluding hydrogens is 206 g/mol. The van der Waals surface area contributed by atoms with E-state index >= 15 is 0 Å². The highest BCUT2D eigenvalue weighted by atomic mass is 19.4. The number of nitrogens with zero attached hydrogens (tertiary/aromatic N) is 1. The molecule has 0 saturated carbocycles. The van der Waals surface area contributed by atoms with E-state index < -0.39 is 29.6 Å². The number of rotatable bonds is 1. The van der Waals surface area contributed by atoms with Crippen LogP contribution >= 0.6 is 0 Å². The third-order valence-corrected chi connectivity index (χ3v) is 1.24. The molecule has 0 fully saturated rings. The van der Waals surface area contributed by atoms with Gasteiger partial charge < -0.3 is 16.2 Å². The van der Waals surface area contributed by atoms with Crippen LogP contribution in [-0.2, 0) is 0 Å². The molecule has 1 rings (SSSR count). The predicted molar refractivity (Wildman–Crippen MR) is 39.7 cm³/mol. The van der Waals surface area contributed by atoms with E-state index in [1.54, 1.807) is 0 Å². The normalized spacial score (nSPS) is 11.4. The van der Waals surface area contributed by atoms with Gasteiger partial charge in [0.25, 0.3) is 0 Å². The highest BCUT2D eigenvalue weighted by molar-refractivity contribution is 5.66. The molecule has 8 heteroatoms. The molecule has 0 aromatic carbocycles. The molecule has 0 saturated heterocycles. The van der Waals surface area contributed by atoms with Gasteiger partial charge in [0.1, 0.15) is 5.69 Å². The molecule has 1 heterocycles. The third kappa shape index (κ3) is 2.38. The first-order valence-corrected chi connectivity index (χ1v) is 3.27. The molecule has 1 aromatic heterocycles. The number of anilines is 2. The van der Waals surface area contributed by atoms with Gasteiger partial charge in [-0.3, -0.25) is 0 Å². The minimum atomic E-state index is -4.95. The van der Waals surface area contributed by atoms with Crippen molar-refractivity contribution in [2.75, 3.05) is 11.5 Å². The Hall–Kier alpha value is -1.73. The van der Waals surface area contributed by atoms with E-state index in [1.807, 2.05) is 0 Å². The van der Waals surface area contributed by atoms with Crippen LogP contribution in [-0.4, -0.2) is 11.3 Å². The van der Waals surface area contributed by atoms with Crippen LogP contribution in [0.3, 0.4) is 0 Å². The van der Waals surface area contributed by atoms with E-state index in [2.05, 4.69) is 9.72 Å². The van der Waals surface area contributed by atoms with Crippen molar-refractivity contribution in [2.24, 2.45) is 0 Å². The minimum absolute atomic E-state index is 0.402. The summed E-state index contributed by atoms with van der Waals surface area (Å²) in [7, 11) is 0. The van der Waals surface area contributed by atoms with Crippen molar-refractivity contribution in [3.8, 4) is 5.75 Å². The lowest BCUT2D eigenvalue weighted by Crippen LogP contribution is -2.18. The summed E-state index contributed by atoms with van der Waals surface area (Å²) in [5.74, 6) is -2.65. The molecule has 4 nitrogen and oxygen atoms in total. The highest BCUT2D eigenvalue weighted by Crippen LogP contribution is 2.31. The van der Waals surface area contributed by atoms with E-state index in [0.717, 1.165) is 0 Å². The van der Waals surface area contributed by atoms with Crippen LogP contribution in [0.25, 0.3) is 0 Å². The summed E-state index contributed by atoms with van der Waals surface area (Å²) < 4.78 is 51.1. The SMILES string of the molecule is Nc1nc(F)cc(OC(F)(F)F)c1N. The minimum Gasteiger partial charge on any atom is -0.403 e. The fourth-order valence-corrected chi connectivity index (χ4v) is 0.729. The first-order chi connectivity index (χ1) is 6.29. The van der Waals surface area contributed by atoms with E-state index in [4.69, 9.17) is 11.5 Å². The molecule has 0 bridgehead atoms. The zero-order valence-corrected chi connectivity index (χ0v) is 6.60. The van der Waals surface area contributed by atoms with Crippen molar-refractivity contribution in [1.29, 1.82) is 0 Å². The fraction of sp³-hybridized carbons (Fsp3) is 0.167. The van der Waals surface area contributed by atoms with Crippen LogP contribution in [0.1, 0.15) is 0 Å². The van der Waals surface area contributed by atoms with Crippen LogP contribution in [0.15, 0.2) is 6.07 Å². The molecular formula is C6H5F4N3O. The number of nitrogen functional groups attached to an aromatic ring is 2. The van der Waals surface area contributed by atoms with Crippen LogP contribution in [0.4, 0.5) is 29.1 Å². The molecule has 0 spiro atoms.